The van der Waals surface area contributed by atoms with Gasteiger partial charge in [0.2, 0.25) is 0 Å². The summed E-state index contributed by atoms with van der Waals surface area (Å²) >= 11 is 0. The number of para-hydroxylation sites is 2. The van der Waals surface area contributed by atoms with Gasteiger partial charge in [0.25, 0.3) is 5.91 Å². The molecule has 1 heterocycles. The van der Waals surface area contributed by atoms with Crippen LogP contribution < -0.4 is 15.5 Å². The van der Waals surface area contributed by atoms with Crippen LogP contribution in [0.4, 0.5) is 16.2 Å². The summed E-state index contributed by atoms with van der Waals surface area (Å²) in [5.74, 6) is -0.144. The van der Waals surface area contributed by atoms with Crippen LogP contribution in [0.25, 0.3) is 10.9 Å². The molecule has 0 saturated heterocycles. The van der Waals surface area contributed by atoms with E-state index in [1.54, 1.807) is 36.2 Å². The van der Waals surface area contributed by atoms with Crippen LogP contribution in [-0.2, 0) is 6.42 Å². The number of anilines is 2. The third kappa shape index (κ3) is 4.75. The van der Waals surface area contributed by atoms with E-state index in [2.05, 4.69) is 21.7 Å². The SMILES string of the molecule is CN(C(=O)c1cccc(NC(=O)NCCc2c[nH]c3ccccc23)c1)c1ccccc1. The number of rotatable bonds is 6. The second-order valence-corrected chi connectivity index (χ2v) is 7.27. The average molecular weight is 412 g/mol. The molecule has 6 nitrogen and oxygen atoms in total. The van der Waals surface area contributed by atoms with E-state index in [0.717, 1.165) is 23.2 Å². The highest BCUT2D eigenvalue weighted by molar-refractivity contribution is 6.06. The fraction of sp³-hybridized carbons (Fsp3) is 0.120. The second kappa shape index (κ2) is 9.17. The van der Waals surface area contributed by atoms with Crippen molar-refractivity contribution in [2.75, 3.05) is 23.8 Å². The van der Waals surface area contributed by atoms with Gasteiger partial charge in [-0.3, -0.25) is 4.79 Å². The largest absolute Gasteiger partial charge is 0.361 e. The summed E-state index contributed by atoms with van der Waals surface area (Å²) in [6, 6.07) is 24.2. The van der Waals surface area contributed by atoms with Crippen molar-refractivity contribution in [1.29, 1.82) is 0 Å². The van der Waals surface area contributed by atoms with Crippen LogP contribution in [0.2, 0.25) is 0 Å². The Balaban J connectivity index is 1.34. The maximum Gasteiger partial charge on any atom is 0.319 e. The molecule has 0 radical (unpaired) electrons. The summed E-state index contributed by atoms with van der Waals surface area (Å²) in [5, 5.41) is 6.84. The van der Waals surface area contributed by atoms with Crippen molar-refractivity contribution < 1.29 is 9.59 Å². The number of aromatic amines is 1. The molecule has 4 rings (SSSR count). The number of nitrogens with zero attached hydrogens (tertiary/aromatic N) is 1. The quantitative estimate of drug-likeness (QED) is 0.425. The summed E-state index contributed by atoms with van der Waals surface area (Å²) < 4.78 is 0. The Bertz CT molecular complexity index is 1200. The van der Waals surface area contributed by atoms with Crippen LogP contribution in [-0.4, -0.2) is 30.5 Å². The maximum absolute atomic E-state index is 12.8. The first-order chi connectivity index (χ1) is 15.1. The van der Waals surface area contributed by atoms with E-state index in [1.165, 1.54) is 5.39 Å². The number of fused-ring (bicyclic) bond motifs is 1. The van der Waals surface area contributed by atoms with Crippen LogP contribution in [0, 0.1) is 0 Å². The van der Waals surface area contributed by atoms with Gasteiger partial charge < -0.3 is 20.5 Å². The van der Waals surface area contributed by atoms with Crippen LogP contribution >= 0.6 is 0 Å². The molecule has 0 saturated carbocycles. The molecule has 0 aliphatic rings. The molecule has 0 bridgehead atoms. The molecule has 0 spiro atoms. The first-order valence-electron chi connectivity index (χ1n) is 10.1. The molecule has 0 aliphatic carbocycles. The number of hydrogen-bond donors (Lipinski definition) is 3. The Labute approximate surface area is 180 Å². The van der Waals surface area contributed by atoms with Gasteiger partial charge in [0.1, 0.15) is 0 Å². The van der Waals surface area contributed by atoms with Crippen molar-refractivity contribution in [2.24, 2.45) is 0 Å². The number of urea groups is 1. The first kappa shape index (κ1) is 20.2. The average Bonchev–Trinajstić information content (AvgIpc) is 3.22. The van der Waals surface area contributed by atoms with E-state index in [4.69, 9.17) is 0 Å². The van der Waals surface area contributed by atoms with Gasteiger partial charge in [0, 0.05) is 47.6 Å². The van der Waals surface area contributed by atoms with Crippen LogP contribution in [0.1, 0.15) is 15.9 Å². The zero-order chi connectivity index (χ0) is 21.6. The maximum atomic E-state index is 12.8. The highest BCUT2D eigenvalue weighted by Gasteiger charge is 2.14. The van der Waals surface area contributed by atoms with Gasteiger partial charge in [0.15, 0.2) is 0 Å². The zero-order valence-corrected chi connectivity index (χ0v) is 17.3. The summed E-state index contributed by atoms with van der Waals surface area (Å²) in [6.45, 7) is 0.503. The Morgan fingerprint density at radius 2 is 1.71 bits per heavy atom. The Hall–Kier alpha value is -4.06. The molecular formula is C25H24N4O2. The van der Waals surface area contributed by atoms with E-state index >= 15 is 0 Å². The first-order valence-corrected chi connectivity index (χ1v) is 10.1. The minimum atomic E-state index is -0.305. The number of carbonyl (C=O) groups excluding carboxylic acids is 2. The van der Waals surface area contributed by atoms with E-state index in [-0.39, 0.29) is 11.9 Å². The number of aromatic nitrogens is 1. The fourth-order valence-electron chi connectivity index (χ4n) is 3.52. The Kier molecular flexibility index (Phi) is 5.98. The number of nitrogens with one attached hydrogen (secondary N) is 3. The van der Waals surface area contributed by atoms with Crippen molar-refractivity contribution in [3.63, 3.8) is 0 Å². The molecule has 4 aromatic rings. The standard InChI is InChI=1S/C25H24N4O2/c1-29(21-10-3-2-4-11-21)24(30)18-8-7-9-20(16-18)28-25(31)26-15-14-19-17-27-23-13-6-5-12-22(19)23/h2-13,16-17,27H,14-15H2,1H3,(H2,26,28,31). The van der Waals surface area contributed by atoms with Crippen LogP contribution in [0.3, 0.4) is 0 Å². The van der Waals surface area contributed by atoms with Gasteiger partial charge in [-0.05, 0) is 48.4 Å². The lowest BCUT2D eigenvalue weighted by Gasteiger charge is -2.17. The van der Waals surface area contributed by atoms with Crippen LogP contribution in [0.15, 0.2) is 85.1 Å². The van der Waals surface area contributed by atoms with Gasteiger partial charge in [-0.15, -0.1) is 0 Å². The lowest BCUT2D eigenvalue weighted by atomic mass is 10.1. The summed E-state index contributed by atoms with van der Waals surface area (Å²) in [4.78, 5) is 29.9. The monoisotopic (exact) mass is 412 g/mol. The second-order valence-electron chi connectivity index (χ2n) is 7.27. The summed E-state index contributed by atoms with van der Waals surface area (Å²) in [7, 11) is 1.73. The van der Waals surface area contributed by atoms with Crippen molar-refractivity contribution in [2.45, 2.75) is 6.42 Å². The van der Waals surface area contributed by atoms with E-state index in [1.807, 2.05) is 54.7 Å². The molecule has 3 N–H and O–H groups in total. The topological polar surface area (TPSA) is 77.2 Å². The molecular weight excluding hydrogens is 388 g/mol. The van der Waals surface area contributed by atoms with Crippen molar-refractivity contribution in [3.05, 3.63) is 96.2 Å². The van der Waals surface area contributed by atoms with E-state index in [0.29, 0.717) is 17.8 Å². The van der Waals surface area contributed by atoms with Gasteiger partial charge in [0.05, 0.1) is 0 Å². The molecule has 1 aromatic heterocycles. The minimum absolute atomic E-state index is 0.144. The van der Waals surface area contributed by atoms with Gasteiger partial charge in [-0.1, -0.05) is 42.5 Å². The van der Waals surface area contributed by atoms with Gasteiger partial charge in [-0.2, -0.15) is 0 Å². The number of carbonyl (C=O) groups is 2. The normalized spacial score (nSPS) is 10.6. The smallest absolute Gasteiger partial charge is 0.319 e. The predicted molar refractivity (Wildman–Crippen MR) is 125 cm³/mol. The molecule has 31 heavy (non-hydrogen) atoms. The third-order valence-electron chi connectivity index (χ3n) is 5.17. The predicted octanol–water partition coefficient (Wildman–Crippen LogP) is 4.81. The molecule has 156 valence electrons. The van der Waals surface area contributed by atoms with Crippen molar-refractivity contribution >= 4 is 34.2 Å². The molecule has 0 unspecified atom stereocenters. The highest BCUT2D eigenvalue weighted by atomic mass is 16.2. The molecule has 0 fully saturated rings. The highest BCUT2D eigenvalue weighted by Crippen LogP contribution is 2.19. The zero-order valence-electron chi connectivity index (χ0n) is 17.3. The van der Waals surface area contributed by atoms with E-state index < -0.39 is 0 Å². The molecule has 0 atom stereocenters. The summed E-state index contributed by atoms with van der Waals surface area (Å²) in [6.07, 6.45) is 2.69. The minimum Gasteiger partial charge on any atom is -0.361 e. The Morgan fingerprint density at radius 3 is 2.55 bits per heavy atom. The number of amides is 3. The van der Waals surface area contributed by atoms with Crippen molar-refractivity contribution in [3.8, 4) is 0 Å². The Morgan fingerprint density at radius 1 is 0.935 bits per heavy atom. The number of H-pyrrole nitrogens is 1. The number of hydrogen-bond acceptors (Lipinski definition) is 2. The molecule has 3 amide bonds. The molecule has 6 heteroatoms. The van der Waals surface area contributed by atoms with Crippen LogP contribution in [0.5, 0.6) is 0 Å². The summed E-state index contributed by atoms with van der Waals surface area (Å²) in [5.41, 5.74) is 4.12. The fourth-order valence-corrected chi connectivity index (χ4v) is 3.52. The lowest BCUT2D eigenvalue weighted by molar-refractivity contribution is 0.0993. The number of benzene rings is 3. The molecule has 3 aromatic carbocycles. The lowest BCUT2D eigenvalue weighted by Crippen LogP contribution is -2.30. The van der Waals surface area contributed by atoms with Crippen molar-refractivity contribution in [1.82, 2.24) is 10.3 Å². The van der Waals surface area contributed by atoms with Gasteiger partial charge >= 0.3 is 6.03 Å². The molecule has 0 aliphatic heterocycles. The van der Waals surface area contributed by atoms with E-state index in [9.17, 15) is 9.59 Å². The van der Waals surface area contributed by atoms with Gasteiger partial charge in [-0.25, -0.2) is 4.79 Å². The third-order valence-corrected chi connectivity index (χ3v) is 5.17.